The van der Waals surface area contributed by atoms with E-state index in [9.17, 15) is 4.79 Å². The van der Waals surface area contributed by atoms with Gasteiger partial charge in [0.1, 0.15) is 0 Å². The number of carbonyl (C=O) groups excluding carboxylic acids is 1. The zero-order chi connectivity index (χ0) is 8.97. The van der Waals surface area contributed by atoms with Gasteiger partial charge >= 0.3 is 0 Å². The first-order valence-electron chi connectivity index (χ1n) is 4.34. The van der Waals surface area contributed by atoms with E-state index >= 15 is 0 Å². The molecule has 0 spiro atoms. The second-order valence-corrected chi connectivity index (χ2v) is 3.01. The van der Waals surface area contributed by atoms with Gasteiger partial charge < -0.3 is 4.90 Å². The maximum Gasteiger partial charge on any atom is 0.223 e. The lowest BCUT2D eigenvalue weighted by atomic mass is 10.1. The van der Waals surface area contributed by atoms with Gasteiger partial charge in [-0.1, -0.05) is 12.2 Å². The number of hydrogen-bond donors (Lipinski definition) is 0. The summed E-state index contributed by atoms with van der Waals surface area (Å²) < 4.78 is 0. The summed E-state index contributed by atoms with van der Waals surface area (Å²) in [7, 11) is 0. The van der Waals surface area contributed by atoms with Gasteiger partial charge in [-0.3, -0.25) is 4.79 Å². The minimum absolute atomic E-state index is 0.0257. The molecule has 66 valence electrons. The van der Waals surface area contributed by atoms with Crippen LogP contribution < -0.4 is 0 Å². The second-order valence-electron chi connectivity index (χ2n) is 3.01. The number of hydrogen-bond acceptors (Lipinski definition) is 1. The normalized spacial score (nSPS) is 18.1. The van der Waals surface area contributed by atoms with Gasteiger partial charge in [0.15, 0.2) is 0 Å². The average Bonchev–Trinajstić information content (AvgIpc) is 2.10. The summed E-state index contributed by atoms with van der Waals surface area (Å²) in [6, 6.07) is 0.0257. The molecule has 0 radical (unpaired) electrons. The first-order chi connectivity index (χ1) is 5.79. The van der Waals surface area contributed by atoms with Gasteiger partial charge in [0.25, 0.3) is 0 Å². The van der Waals surface area contributed by atoms with Gasteiger partial charge in [-0.2, -0.15) is 0 Å². The standard InChI is InChI=1S/C10H15NO/c1-3-9(4-2)11-8-6-5-7-10(11)12/h3-4,9H,1-2,5-8H2. The molecule has 12 heavy (non-hydrogen) atoms. The Morgan fingerprint density at radius 1 is 1.33 bits per heavy atom. The molecule has 2 nitrogen and oxygen atoms in total. The molecule has 1 rings (SSSR count). The third-order valence-corrected chi connectivity index (χ3v) is 2.20. The molecule has 1 aliphatic heterocycles. The number of rotatable bonds is 3. The van der Waals surface area contributed by atoms with Crippen LogP contribution in [0, 0.1) is 0 Å². The Morgan fingerprint density at radius 3 is 2.50 bits per heavy atom. The van der Waals surface area contributed by atoms with Crippen molar-refractivity contribution in [3.05, 3.63) is 25.3 Å². The van der Waals surface area contributed by atoms with Crippen molar-refractivity contribution in [3.8, 4) is 0 Å². The quantitative estimate of drug-likeness (QED) is 0.583. The Balaban J connectivity index is 2.63. The molecule has 0 aromatic heterocycles. The molecule has 1 heterocycles. The summed E-state index contributed by atoms with van der Waals surface area (Å²) in [5.41, 5.74) is 0. The van der Waals surface area contributed by atoms with E-state index in [4.69, 9.17) is 0 Å². The van der Waals surface area contributed by atoms with E-state index in [1.807, 2.05) is 4.90 Å². The summed E-state index contributed by atoms with van der Waals surface area (Å²) >= 11 is 0. The first-order valence-corrected chi connectivity index (χ1v) is 4.34. The fraction of sp³-hybridized carbons (Fsp3) is 0.500. The number of likely N-dealkylation sites (tertiary alicyclic amines) is 1. The average molecular weight is 165 g/mol. The predicted molar refractivity (Wildman–Crippen MR) is 49.7 cm³/mol. The van der Waals surface area contributed by atoms with Crippen molar-refractivity contribution in [2.45, 2.75) is 25.3 Å². The largest absolute Gasteiger partial charge is 0.333 e. The maximum atomic E-state index is 11.4. The lowest BCUT2D eigenvalue weighted by molar-refractivity contribution is -0.133. The van der Waals surface area contributed by atoms with Crippen LogP contribution in [-0.4, -0.2) is 23.4 Å². The lowest BCUT2D eigenvalue weighted by Gasteiger charge is -2.31. The SMILES string of the molecule is C=CC(C=C)N1CCCCC1=O. The summed E-state index contributed by atoms with van der Waals surface area (Å²) in [5, 5.41) is 0. The number of nitrogens with zero attached hydrogens (tertiary/aromatic N) is 1. The second kappa shape index (κ2) is 4.10. The first kappa shape index (κ1) is 9.04. The fourth-order valence-electron chi connectivity index (χ4n) is 1.49. The molecule has 0 saturated carbocycles. The summed E-state index contributed by atoms with van der Waals surface area (Å²) in [6.45, 7) is 8.20. The number of amides is 1. The van der Waals surface area contributed by atoms with E-state index in [1.54, 1.807) is 12.2 Å². The minimum Gasteiger partial charge on any atom is -0.333 e. The Hall–Kier alpha value is -1.05. The molecule has 1 amide bonds. The van der Waals surface area contributed by atoms with Gasteiger partial charge in [0.05, 0.1) is 6.04 Å². The predicted octanol–water partition coefficient (Wildman–Crippen LogP) is 1.74. The van der Waals surface area contributed by atoms with Crippen molar-refractivity contribution in [2.24, 2.45) is 0 Å². The topological polar surface area (TPSA) is 20.3 Å². The highest BCUT2D eigenvalue weighted by molar-refractivity contribution is 5.77. The minimum atomic E-state index is 0.0257. The Morgan fingerprint density at radius 2 is 2.00 bits per heavy atom. The van der Waals surface area contributed by atoms with Crippen LogP contribution in [0.5, 0.6) is 0 Å². The molecule has 0 N–H and O–H groups in total. The summed E-state index contributed by atoms with van der Waals surface area (Å²) in [4.78, 5) is 13.2. The van der Waals surface area contributed by atoms with Crippen LogP contribution in [0.2, 0.25) is 0 Å². The van der Waals surface area contributed by atoms with Gasteiger partial charge in [0, 0.05) is 13.0 Å². The van der Waals surface area contributed by atoms with Crippen molar-refractivity contribution in [2.75, 3.05) is 6.54 Å². The van der Waals surface area contributed by atoms with Crippen molar-refractivity contribution in [3.63, 3.8) is 0 Å². The van der Waals surface area contributed by atoms with E-state index in [0.717, 1.165) is 19.4 Å². The molecule has 0 bridgehead atoms. The highest BCUT2D eigenvalue weighted by Gasteiger charge is 2.21. The Labute approximate surface area is 73.6 Å². The van der Waals surface area contributed by atoms with E-state index in [0.29, 0.717) is 6.42 Å². The van der Waals surface area contributed by atoms with Gasteiger partial charge in [-0.25, -0.2) is 0 Å². The Kier molecular flexibility index (Phi) is 3.09. The van der Waals surface area contributed by atoms with Gasteiger partial charge in [0.2, 0.25) is 5.91 Å². The van der Waals surface area contributed by atoms with Gasteiger partial charge in [-0.05, 0) is 12.8 Å². The highest BCUT2D eigenvalue weighted by atomic mass is 16.2. The molecule has 2 heteroatoms. The molecule has 0 aromatic rings. The maximum absolute atomic E-state index is 11.4. The molecule has 0 aromatic carbocycles. The van der Waals surface area contributed by atoms with E-state index in [1.165, 1.54) is 0 Å². The van der Waals surface area contributed by atoms with E-state index in [-0.39, 0.29) is 11.9 Å². The molecule has 1 fully saturated rings. The highest BCUT2D eigenvalue weighted by Crippen LogP contribution is 2.14. The van der Waals surface area contributed by atoms with Crippen LogP contribution in [-0.2, 0) is 4.79 Å². The molecule has 0 aliphatic carbocycles. The van der Waals surface area contributed by atoms with Crippen molar-refractivity contribution < 1.29 is 4.79 Å². The molecule has 1 saturated heterocycles. The van der Waals surface area contributed by atoms with Crippen LogP contribution in [0.3, 0.4) is 0 Å². The third-order valence-electron chi connectivity index (χ3n) is 2.20. The zero-order valence-corrected chi connectivity index (χ0v) is 7.33. The molecule has 0 unspecified atom stereocenters. The van der Waals surface area contributed by atoms with E-state index < -0.39 is 0 Å². The summed E-state index contributed by atoms with van der Waals surface area (Å²) in [5.74, 6) is 0.228. The van der Waals surface area contributed by atoms with Crippen molar-refractivity contribution in [1.82, 2.24) is 4.90 Å². The number of piperidine rings is 1. The zero-order valence-electron chi connectivity index (χ0n) is 7.33. The number of carbonyl (C=O) groups is 1. The molecule has 1 aliphatic rings. The van der Waals surface area contributed by atoms with Crippen LogP contribution in [0.1, 0.15) is 19.3 Å². The van der Waals surface area contributed by atoms with E-state index in [2.05, 4.69) is 13.2 Å². The Bertz CT molecular complexity index is 190. The smallest absolute Gasteiger partial charge is 0.223 e. The monoisotopic (exact) mass is 165 g/mol. The van der Waals surface area contributed by atoms with Crippen molar-refractivity contribution in [1.29, 1.82) is 0 Å². The third kappa shape index (κ3) is 1.76. The molecule has 0 atom stereocenters. The van der Waals surface area contributed by atoms with Crippen molar-refractivity contribution >= 4 is 5.91 Å². The molecular weight excluding hydrogens is 150 g/mol. The van der Waals surface area contributed by atoms with Gasteiger partial charge in [-0.15, -0.1) is 13.2 Å². The lowest BCUT2D eigenvalue weighted by Crippen LogP contribution is -2.41. The molecular formula is C10H15NO. The van der Waals surface area contributed by atoms with Crippen LogP contribution in [0.25, 0.3) is 0 Å². The van der Waals surface area contributed by atoms with Crippen LogP contribution in [0.4, 0.5) is 0 Å². The van der Waals surface area contributed by atoms with Crippen LogP contribution >= 0.6 is 0 Å². The summed E-state index contributed by atoms with van der Waals surface area (Å²) in [6.07, 6.45) is 6.32. The fourth-order valence-corrected chi connectivity index (χ4v) is 1.49. The van der Waals surface area contributed by atoms with Crippen LogP contribution in [0.15, 0.2) is 25.3 Å².